The Morgan fingerprint density at radius 3 is 3.11 bits per heavy atom. The van der Waals surface area contributed by atoms with E-state index >= 15 is 0 Å². The van der Waals surface area contributed by atoms with E-state index in [2.05, 4.69) is 21.2 Å². The van der Waals surface area contributed by atoms with Crippen molar-refractivity contribution in [2.75, 3.05) is 31.6 Å². The van der Waals surface area contributed by atoms with Gasteiger partial charge in [0.05, 0.1) is 30.3 Å². The summed E-state index contributed by atoms with van der Waals surface area (Å²) in [6, 6.07) is 3.97. The number of anilines is 1. The Hall–Kier alpha value is -1.18. The van der Waals surface area contributed by atoms with Crippen LogP contribution in [0, 0.1) is 5.82 Å². The molecule has 5 nitrogen and oxygen atoms in total. The zero-order valence-electron chi connectivity index (χ0n) is 10.1. The Bertz CT molecular complexity index is 472. The molecule has 0 radical (unpaired) electrons. The van der Waals surface area contributed by atoms with Crippen molar-refractivity contribution in [1.82, 2.24) is 4.90 Å². The number of morpholine rings is 1. The summed E-state index contributed by atoms with van der Waals surface area (Å²) in [7, 11) is 0. The molecule has 1 aliphatic heterocycles. The van der Waals surface area contributed by atoms with Crippen LogP contribution in [0.4, 0.5) is 14.9 Å². The number of aliphatic hydroxyl groups excluding tert-OH is 1. The second-order valence-corrected chi connectivity index (χ2v) is 5.03. The van der Waals surface area contributed by atoms with Crippen LogP contribution in [0.1, 0.15) is 0 Å². The molecule has 19 heavy (non-hydrogen) atoms. The van der Waals surface area contributed by atoms with Gasteiger partial charge in [-0.15, -0.1) is 0 Å². The Morgan fingerprint density at radius 1 is 1.63 bits per heavy atom. The quantitative estimate of drug-likeness (QED) is 0.868. The number of hydrogen-bond acceptors (Lipinski definition) is 3. The zero-order chi connectivity index (χ0) is 13.8. The molecule has 1 aliphatic rings. The fourth-order valence-electron chi connectivity index (χ4n) is 1.79. The van der Waals surface area contributed by atoms with Crippen LogP contribution in [0.3, 0.4) is 0 Å². The number of urea groups is 1. The highest BCUT2D eigenvalue weighted by Gasteiger charge is 2.23. The van der Waals surface area contributed by atoms with Gasteiger partial charge in [0.25, 0.3) is 0 Å². The molecule has 0 aliphatic carbocycles. The summed E-state index contributed by atoms with van der Waals surface area (Å²) < 4.78 is 18.6. The van der Waals surface area contributed by atoms with Gasteiger partial charge in [0.1, 0.15) is 5.82 Å². The average Bonchev–Trinajstić information content (AvgIpc) is 2.43. The van der Waals surface area contributed by atoms with Gasteiger partial charge in [0.2, 0.25) is 0 Å². The summed E-state index contributed by atoms with van der Waals surface area (Å²) in [5, 5.41) is 11.7. The summed E-state index contributed by atoms with van der Waals surface area (Å²) >= 11 is 3.06. The van der Waals surface area contributed by atoms with Gasteiger partial charge >= 0.3 is 6.03 Å². The van der Waals surface area contributed by atoms with Crippen molar-refractivity contribution in [1.29, 1.82) is 0 Å². The first-order chi connectivity index (χ1) is 9.10. The van der Waals surface area contributed by atoms with Crippen LogP contribution >= 0.6 is 15.9 Å². The Labute approximate surface area is 118 Å². The Kier molecular flexibility index (Phi) is 4.73. The van der Waals surface area contributed by atoms with E-state index in [1.54, 1.807) is 4.90 Å². The maximum atomic E-state index is 13.1. The lowest BCUT2D eigenvalue weighted by Gasteiger charge is -2.32. The van der Waals surface area contributed by atoms with Gasteiger partial charge in [-0.3, -0.25) is 0 Å². The van der Waals surface area contributed by atoms with E-state index < -0.39 is 0 Å². The number of hydrogen-bond donors (Lipinski definition) is 2. The number of nitrogens with zero attached hydrogens (tertiary/aromatic N) is 1. The molecular weight excluding hydrogens is 319 g/mol. The fourth-order valence-corrected chi connectivity index (χ4v) is 2.17. The minimum Gasteiger partial charge on any atom is -0.394 e. The number of ether oxygens (including phenoxy) is 1. The number of halogens is 2. The molecule has 0 aromatic heterocycles. The van der Waals surface area contributed by atoms with Crippen LogP contribution in [0.2, 0.25) is 0 Å². The van der Waals surface area contributed by atoms with Gasteiger partial charge in [-0.1, -0.05) is 0 Å². The number of amides is 2. The highest BCUT2D eigenvalue weighted by molar-refractivity contribution is 9.10. The Balaban J connectivity index is 1.98. The molecule has 0 bridgehead atoms. The first kappa shape index (κ1) is 14.2. The summed E-state index contributed by atoms with van der Waals surface area (Å²) in [5.41, 5.74) is 0.505. The molecule has 7 heteroatoms. The molecule has 1 heterocycles. The standard InChI is InChI=1S/C12H14BrFN2O3/c13-10-5-8(1-2-11(10)14)15-12(18)16-3-4-19-9(6-16)7-17/h1-2,5,9,17H,3-4,6-7H2,(H,15,18). The molecule has 1 aromatic rings. The lowest BCUT2D eigenvalue weighted by Crippen LogP contribution is -2.48. The van der Waals surface area contributed by atoms with Gasteiger partial charge in [-0.25, -0.2) is 9.18 Å². The fraction of sp³-hybridized carbons (Fsp3) is 0.417. The molecule has 1 fully saturated rings. The van der Waals surface area contributed by atoms with Crippen LogP contribution in [-0.4, -0.2) is 48.4 Å². The van der Waals surface area contributed by atoms with E-state index in [0.717, 1.165) is 0 Å². The number of rotatable bonds is 2. The second kappa shape index (κ2) is 6.31. The summed E-state index contributed by atoms with van der Waals surface area (Å²) in [5.74, 6) is -0.385. The van der Waals surface area contributed by atoms with Crippen molar-refractivity contribution in [3.63, 3.8) is 0 Å². The van der Waals surface area contributed by atoms with Crippen molar-refractivity contribution in [3.05, 3.63) is 28.5 Å². The minimum absolute atomic E-state index is 0.119. The maximum Gasteiger partial charge on any atom is 0.322 e. The van der Waals surface area contributed by atoms with Gasteiger partial charge in [-0.05, 0) is 34.1 Å². The van der Waals surface area contributed by atoms with E-state index in [-0.39, 0.29) is 24.6 Å². The van der Waals surface area contributed by atoms with E-state index in [0.29, 0.717) is 29.9 Å². The molecule has 2 rings (SSSR count). The van der Waals surface area contributed by atoms with Gasteiger partial charge in [0.15, 0.2) is 0 Å². The molecule has 0 spiro atoms. The molecule has 2 N–H and O–H groups in total. The molecule has 2 amide bonds. The third-order valence-corrected chi connectivity index (χ3v) is 3.41. The van der Waals surface area contributed by atoms with E-state index in [4.69, 9.17) is 9.84 Å². The van der Waals surface area contributed by atoms with Crippen molar-refractivity contribution in [2.45, 2.75) is 6.10 Å². The van der Waals surface area contributed by atoms with Gasteiger partial charge in [-0.2, -0.15) is 0 Å². The largest absolute Gasteiger partial charge is 0.394 e. The number of aliphatic hydroxyl groups is 1. The minimum atomic E-state index is -0.385. The molecule has 1 atom stereocenters. The van der Waals surface area contributed by atoms with Crippen LogP contribution in [0.15, 0.2) is 22.7 Å². The number of nitrogens with one attached hydrogen (secondary N) is 1. The van der Waals surface area contributed by atoms with E-state index in [9.17, 15) is 9.18 Å². The number of carbonyl (C=O) groups excluding carboxylic acids is 1. The molecule has 1 saturated heterocycles. The zero-order valence-corrected chi connectivity index (χ0v) is 11.7. The van der Waals surface area contributed by atoms with Crippen LogP contribution < -0.4 is 5.32 Å². The SMILES string of the molecule is O=C(Nc1ccc(F)c(Br)c1)N1CCOC(CO)C1. The first-order valence-corrected chi connectivity index (χ1v) is 6.63. The highest BCUT2D eigenvalue weighted by Crippen LogP contribution is 2.20. The van der Waals surface area contributed by atoms with Crippen molar-refractivity contribution >= 4 is 27.6 Å². The number of benzene rings is 1. The lowest BCUT2D eigenvalue weighted by molar-refractivity contribution is -0.0388. The van der Waals surface area contributed by atoms with Crippen LogP contribution in [0.25, 0.3) is 0 Å². The smallest absolute Gasteiger partial charge is 0.322 e. The molecule has 104 valence electrons. The van der Waals surface area contributed by atoms with Crippen molar-refractivity contribution in [3.8, 4) is 0 Å². The summed E-state index contributed by atoms with van der Waals surface area (Å²) in [4.78, 5) is 13.6. The lowest BCUT2D eigenvalue weighted by atomic mass is 10.3. The second-order valence-electron chi connectivity index (χ2n) is 4.18. The molecule has 1 aromatic carbocycles. The van der Waals surface area contributed by atoms with Gasteiger partial charge in [0, 0.05) is 12.2 Å². The monoisotopic (exact) mass is 332 g/mol. The molecular formula is C12H14BrFN2O3. The highest BCUT2D eigenvalue weighted by atomic mass is 79.9. The van der Waals surface area contributed by atoms with Crippen molar-refractivity contribution < 1.29 is 19.0 Å². The average molecular weight is 333 g/mol. The Morgan fingerprint density at radius 2 is 2.42 bits per heavy atom. The summed E-state index contributed by atoms with van der Waals surface area (Å²) in [6.45, 7) is 1.08. The first-order valence-electron chi connectivity index (χ1n) is 5.83. The van der Waals surface area contributed by atoms with E-state index in [1.807, 2.05) is 0 Å². The third kappa shape index (κ3) is 3.65. The van der Waals surface area contributed by atoms with Crippen molar-refractivity contribution in [2.24, 2.45) is 0 Å². The third-order valence-electron chi connectivity index (χ3n) is 2.80. The molecule has 0 saturated carbocycles. The summed E-state index contributed by atoms with van der Waals surface area (Å²) in [6.07, 6.45) is -0.348. The number of carbonyl (C=O) groups is 1. The molecule has 1 unspecified atom stereocenters. The maximum absolute atomic E-state index is 13.1. The van der Waals surface area contributed by atoms with Crippen LogP contribution in [-0.2, 0) is 4.74 Å². The van der Waals surface area contributed by atoms with E-state index in [1.165, 1.54) is 18.2 Å². The topological polar surface area (TPSA) is 61.8 Å². The van der Waals surface area contributed by atoms with Crippen LogP contribution in [0.5, 0.6) is 0 Å². The normalized spacial score (nSPS) is 19.3. The predicted octanol–water partition coefficient (Wildman–Crippen LogP) is 1.81. The predicted molar refractivity (Wildman–Crippen MR) is 71.5 cm³/mol. The van der Waals surface area contributed by atoms with Gasteiger partial charge < -0.3 is 20.1 Å².